The van der Waals surface area contributed by atoms with Crippen LogP contribution in [0.4, 0.5) is 0 Å². The topological polar surface area (TPSA) is 98.1 Å². The zero-order valence-corrected chi connectivity index (χ0v) is 17.2. The minimum Gasteiger partial charge on any atom is -0.353 e. The minimum atomic E-state index is -0.278. The number of fused-ring (bicyclic) bond motifs is 1. The Hall–Kier alpha value is -2.48. The van der Waals surface area contributed by atoms with Gasteiger partial charge in [0.1, 0.15) is 0 Å². The molecule has 2 aromatic rings. The number of nitrogens with one attached hydrogen (secondary N) is 3. The highest BCUT2D eigenvalue weighted by Gasteiger charge is 2.28. The zero-order chi connectivity index (χ0) is 20.4. The van der Waals surface area contributed by atoms with Crippen LogP contribution in [0.2, 0.25) is 0 Å². The number of benzene rings is 1. The molecule has 0 spiro atoms. The summed E-state index contributed by atoms with van der Waals surface area (Å²) in [6, 6.07) is 5.07. The largest absolute Gasteiger partial charge is 0.353 e. The van der Waals surface area contributed by atoms with E-state index < -0.39 is 0 Å². The molecular formula is C20H26N4O3S. The number of H-pyrrole nitrogens is 2. The van der Waals surface area contributed by atoms with Crippen molar-refractivity contribution in [3.8, 4) is 0 Å². The molecule has 3 N–H and O–H groups in total. The number of aromatic nitrogens is 2. The fraction of sp³-hybridized carbons (Fsp3) is 0.500. The Balaban J connectivity index is 1.67. The number of hydrogen-bond acceptors (Lipinski definition) is 4. The van der Waals surface area contributed by atoms with Crippen LogP contribution in [0.5, 0.6) is 0 Å². The van der Waals surface area contributed by atoms with Gasteiger partial charge in [-0.2, -0.15) is 0 Å². The Bertz CT molecular complexity index is 1000. The van der Waals surface area contributed by atoms with E-state index in [0.29, 0.717) is 48.3 Å². The average molecular weight is 403 g/mol. The number of carbonyl (C=O) groups excluding carboxylic acids is 2. The van der Waals surface area contributed by atoms with Crippen molar-refractivity contribution in [3.63, 3.8) is 0 Å². The van der Waals surface area contributed by atoms with Crippen LogP contribution in [-0.4, -0.2) is 45.8 Å². The number of amides is 2. The van der Waals surface area contributed by atoms with E-state index in [0.717, 1.165) is 0 Å². The van der Waals surface area contributed by atoms with Crippen molar-refractivity contribution in [1.29, 1.82) is 0 Å². The average Bonchev–Trinajstić information content (AvgIpc) is 2.66. The van der Waals surface area contributed by atoms with E-state index in [2.05, 4.69) is 29.1 Å². The van der Waals surface area contributed by atoms with Gasteiger partial charge >= 0.3 is 0 Å². The SMILES string of the molecule is CC(C)C(C)NC(=O)C1CCN(C(=O)c2ccc3c(=O)[nH]c(=S)[nH]c3c2)CC1. The van der Waals surface area contributed by atoms with E-state index in [1.54, 1.807) is 23.1 Å². The van der Waals surface area contributed by atoms with E-state index >= 15 is 0 Å². The molecule has 150 valence electrons. The molecule has 7 nitrogen and oxygen atoms in total. The highest BCUT2D eigenvalue weighted by Crippen LogP contribution is 2.21. The molecule has 1 saturated heterocycles. The van der Waals surface area contributed by atoms with Crippen LogP contribution in [0.25, 0.3) is 10.9 Å². The molecule has 2 heterocycles. The highest BCUT2D eigenvalue weighted by molar-refractivity contribution is 7.71. The van der Waals surface area contributed by atoms with Crippen LogP contribution >= 0.6 is 12.2 Å². The summed E-state index contributed by atoms with van der Waals surface area (Å²) in [5.41, 5.74) is 0.761. The summed E-state index contributed by atoms with van der Waals surface area (Å²) in [6.45, 7) is 7.25. The quantitative estimate of drug-likeness (QED) is 0.685. The minimum absolute atomic E-state index is 0.0588. The summed E-state index contributed by atoms with van der Waals surface area (Å²) in [5, 5.41) is 3.52. The van der Waals surface area contributed by atoms with Gasteiger partial charge in [-0.1, -0.05) is 13.8 Å². The molecule has 1 aromatic carbocycles. The number of rotatable bonds is 4. The number of carbonyl (C=O) groups is 2. The number of aromatic amines is 2. The van der Waals surface area contributed by atoms with Gasteiger partial charge in [-0.25, -0.2) is 0 Å². The van der Waals surface area contributed by atoms with Gasteiger partial charge in [0, 0.05) is 30.6 Å². The normalized spacial score (nSPS) is 16.4. The van der Waals surface area contributed by atoms with Gasteiger partial charge in [0.2, 0.25) is 5.91 Å². The summed E-state index contributed by atoms with van der Waals surface area (Å²) in [7, 11) is 0. The molecule has 3 rings (SSSR count). The second-order valence-electron chi connectivity index (χ2n) is 7.78. The second kappa shape index (κ2) is 8.26. The fourth-order valence-electron chi connectivity index (χ4n) is 3.34. The molecule has 0 saturated carbocycles. The lowest BCUT2D eigenvalue weighted by molar-refractivity contribution is -0.127. The van der Waals surface area contributed by atoms with Crippen molar-refractivity contribution in [2.45, 2.75) is 39.7 Å². The summed E-state index contributed by atoms with van der Waals surface area (Å²) < 4.78 is 0.226. The molecule has 1 unspecified atom stereocenters. The van der Waals surface area contributed by atoms with Crippen molar-refractivity contribution in [2.75, 3.05) is 13.1 Å². The molecular weight excluding hydrogens is 376 g/mol. The predicted molar refractivity (Wildman–Crippen MR) is 111 cm³/mol. The van der Waals surface area contributed by atoms with Gasteiger partial charge in [-0.15, -0.1) is 0 Å². The lowest BCUT2D eigenvalue weighted by atomic mass is 9.94. The van der Waals surface area contributed by atoms with Crippen molar-refractivity contribution >= 4 is 34.9 Å². The Morgan fingerprint density at radius 1 is 1.18 bits per heavy atom. The first kappa shape index (κ1) is 20.3. The lowest BCUT2D eigenvalue weighted by Crippen LogP contribution is -2.45. The molecule has 1 aromatic heterocycles. The predicted octanol–water partition coefficient (Wildman–Crippen LogP) is 2.60. The van der Waals surface area contributed by atoms with Crippen LogP contribution in [0.1, 0.15) is 44.0 Å². The van der Waals surface area contributed by atoms with Gasteiger partial charge < -0.3 is 15.2 Å². The maximum atomic E-state index is 12.9. The van der Waals surface area contributed by atoms with Gasteiger partial charge in [-0.05, 0) is 56.1 Å². The van der Waals surface area contributed by atoms with E-state index in [-0.39, 0.29) is 34.1 Å². The van der Waals surface area contributed by atoms with E-state index in [4.69, 9.17) is 12.2 Å². The molecule has 1 atom stereocenters. The summed E-state index contributed by atoms with van der Waals surface area (Å²) in [4.78, 5) is 44.4. The summed E-state index contributed by atoms with van der Waals surface area (Å²) in [6.07, 6.45) is 1.30. The Morgan fingerprint density at radius 3 is 2.50 bits per heavy atom. The molecule has 0 radical (unpaired) electrons. The fourth-order valence-corrected chi connectivity index (χ4v) is 3.54. The number of nitrogens with zero attached hydrogens (tertiary/aromatic N) is 1. The first-order valence-electron chi connectivity index (χ1n) is 9.62. The number of hydrogen-bond donors (Lipinski definition) is 3. The van der Waals surface area contributed by atoms with E-state index in [1.165, 1.54) is 0 Å². The smallest absolute Gasteiger partial charge is 0.259 e. The third-order valence-corrected chi connectivity index (χ3v) is 5.71. The van der Waals surface area contributed by atoms with Crippen molar-refractivity contribution in [2.24, 2.45) is 11.8 Å². The Kier molecular flexibility index (Phi) is 5.98. The number of likely N-dealkylation sites (tertiary alicyclic amines) is 1. The Labute approximate surface area is 168 Å². The first-order chi connectivity index (χ1) is 13.3. The molecule has 1 aliphatic rings. The van der Waals surface area contributed by atoms with Crippen molar-refractivity contribution < 1.29 is 9.59 Å². The van der Waals surface area contributed by atoms with Crippen LogP contribution in [-0.2, 0) is 4.79 Å². The summed E-state index contributed by atoms with van der Waals surface area (Å²) in [5.74, 6) is 0.302. The van der Waals surface area contributed by atoms with E-state index in [1.807, 2.05) is 6.92 Å². The zero-order valence-electron chi connectivity index (χ0n) is 16.4. The molecule has 1 aliphatic heterocycles. The van der Waals surface area contributed by atoms with Gasteiger partial charge in [-0.3, -0.25) is 19.4 Å². The van der Waals surface area contributed by atoms with Crippen molar-refractivity contribution in [1.82, 2.24) is 20.2 Å². The maximum absolute atomic E-state index is 12.9. The first-order valence-corrected chi connectivity index (χ1v) is 10.0. The lowest BCUT2D eigenvalue weighted by Gasteiger charge is -2.32. The van der Waals surface area contributed by atoms with Gasteiger partial charge in [0.15, 0.2) is 4.77 Å². The molecule has 1 fully saturated rings. The van der Waals surface area contributed by atoms with Crippen molar-refractivity contribution in [3.05, 3.63) is 38.9 Å². The van der Waals surface area contributed by atoms with Gasteiger partial charge in [0.25, 0.3) is 11.5 Å². The Morgan fingerprint density at radius 2 is 1.86 bits per heavy atom. The number of piperidine rings is 1. The molecule has 0 aliphatic carbocycles. The van der Waals surface area contributed by atoms with E-state index in [9.17, 15) is 14.4 Å². The maximum Gasteiger partial charge on any atom is 0.259 e. The molecule has 28 heavy (non-hydrogen) atoms. The van der Waals surface area contributed by atoms with Crippen LogP contribution in [0, 0.1) is 16.6 Å². The molecule has 0 bridgehead atoms. The third kappa shape index (κ3) is 4.32. The highest BCUT2D eigenvalue weighted by atomic mass is 32.1. The third-order valence-electron chi connectivity index (χ3n) is 5.51. The van der Waals surface area contributed by atoms with Crippen LogP contribution in [0.3, 0.4) is 0 Å². The standard InChI is InChI=1S/C20H26N4O3S/c1-11(2)12(3)21-17(25)13-6-8-24(9-7-13)19(27)14-4-5-15-16(10-14)22-20(28)23-18(15)26/h4-5,10-13H,6-9H2,1-3H3,(H,21,25)(H2,22,23,26,28). The van der Waals surface area contributed by atoms with Crippen LogP contribution in [0.15, 0.2) is 23.0 Å². The van der Waals surface area contributed by atoms with Gasteiger partial charge in [0.05, 0.1) is 10.9 Å². The second-order valence-corrected chi connectivity index (χ2v) is 8.18. The van der Waals surface area contributed by atoms with Crippen LogP contribution < -0.4 is 10.9 Å². The monoisotopic (exact) mass is 402 g/mol. The molecule has 8 heteroatoms. The molecule has 2 amide bonds. The summed E-state index contributed by atoms with van der Waals surface area (Å²) >= 11 is 5.00.